The Bertz CT molecular complexity index is 655. The molecule has 0 aliphatic heterocycles. The number of ether oxygens (including phenoxy) is 1. The second kappa shape index (κ2) is 4.78. The van der Waals surface area contributed by atoms with Crippen molar-refractivity contribution in [3.63, 3.8) is 0 Å². The van der Waals surface area contributed by atoms with Crippen LogP contribution in [-0.4, -0.2) is 22.6 Å². The van der Waals surface area contributed by atoms with Gasteiger partial charge in [-0.3, -0.25) is 0 Å². The Morgan fingerprint density at radius 3 is 2.67 bits per heavy atom. The van der Waals surface area contributed by atoms with Crippen molar-refractivity contribution in [1.29, 1.82) is 0 Å². The Labute approximate surface area is 110 Å². The monoisotopic (exact) mass is 262 g/mol. The molecule has 0 unspecified atom stereocenters. The van der Waals surface area contributed by atoms with Crippen LogP contribution in [0, 0.1) is 11.7 Å². The number of nitrogens with zero attached hydrogens (tertiary/aromatic N) is 1. The van der Waals surface area contributed by atoms with Crippen molar-refractivity contribution < 1.29 is 9.53 Å². The Balaban J connectivity index is 2.75. The fourth-order valence-electron chi connectivity index (χ4n) is 1.92. The van der Waals surface area contributed by atoms with Crippen LogP contribution < -0.4 is 0 Å². The number of esters is 1. The summed E-state index contributed by atoms with van der Waals surface area (Å²) in [6, 6.07) is 7.84. The highest BCUT2D eigenvalue weighted by Gasteiger charge is 2.19. The lowest BCUT2D eigenvalue weighted by molar-refractivity contribution is 0.0595. The molecule has 18 heavy (non-hydrogen) atoms. The molecule has 0 saturated heterocycles. The molecule has 94 valence electrons. The third-order valence-corrected chi connectivity index (χ3v) is 3.27. The molecule has 5 heteroatoms. The zero-order valence-electron chi connectivity index (χ0n) is 10.5. The number of carbonyl (C=O) groups excluding carboxylic acids is 1. The van der Waals surface area contributed by atoms with Crippen LogP contribution >= 0.6 is 12.2 Å². The van der Waals surface area contributed by atoms with E-state index in [1.54, 1.807) is 4.57 Å². The number of rotatable bonds is 2. The Morgan fingerprint density at radius 1 is 1.39 bits per heavy atom. The lowest BCUT2D eigenvalue weighted by Crippen LogP contribution is -2.05. The highest BCUT2D eigenvalue weighted by atomic mass is 32.1. The molecule has 1 aromatic heterocycles. The average Bonchev–Trinajstić information content (AvgIpc) is 2.66. The zero-order chi connectivity index (χ0) is 13.3. The van der Waals surface area contributed by atoms with E-state index in [2.05, 4.69) is 4.98 Å². The molecular weight excluding hydrogens is 248 g/mol. The molecule has 0 aliphatic carbocycles. The van der Waals surface area contributed by atoms with Gasteiger partial charge in [-0.1, -0.05) is 24.3 Å². The first kappa shape index (κ1) is 12.6. The van der Waals surface area contributed by atoms with Crippen LogP contribution in [0.4, 0.5) is 0 Å². The standard InChI is InChI=1S/C13H14N2O2S/c1-8-6-4-5-7-9(8)11-10(12(16)17-3)14-13(18)15(11)2/h4-7H,1-3H3,(H,14,18). The van der Waals surface area contributed by atoms with Gasteiger partial charge in [0.2, 0.25) is 0 Å². The summed E-state index contributed by atoms with van der Waals surface area (Å²) in [6.07, 6.45) is 0. The van der Waals surface area contributed by atoms with E-state index < -0.39 is 5.97 Å². The van der Waals surface area contributed by atoms with Gasteiger partial charge >= 0.3 is 5.97 Å². The summed E-state index contributed by atoms with van der Waals surface area (Å²) in [5.74, 6) is -0.417. The Hall–Kier alpha value is -1.88. The predicted molar refractivity (Wildman–Crippen MR) is 72.1 cm³/mol. The third kappa shape index (κ3) is 1.97. The molecule has 0 saturated carbocycles. The maximum Gasteiger partial charge on any atom is 0.356 e. The second-order valence-electron chi connectivity index (χ2n) is 4.02. The summed E-state index contributed by atoms with van der Waals surface area (Å²) in [7, 11) is 3.18. The number of nitrogens with one attached hydrogen (secondary N) is 1. The number of aromatic nitrogens is 2. The summed E-state index contributed by atoms with van der Waals surface area (Å²) in [5, 5.41) is 0. The summed E-state index contributed by atoms with van der Waals surface area (Å²) in [4.78, 5) is 14.7. The predicted octanol–water partition coefficient (Wildman–Crippen LogP) is 2.84. The normalized spacial score (nSPS) is 10.4. The van der Waals surface area contributed by atoms with E-state index in [4.69, 9.17) is 17.0 Å². The summed E-state index contributed by atoms with van der Waals surface area (Å²) >= 11 is 5.17. The molecule has 2 rings (SSSR count). The van der Waals surface area contributed by atoms with Crippen molar-refractivity contribution in [2.45, 2.75) is 6.92 Å². The molecule has 0 bridgehead atoms. The van der Waals surface area contributed by atoms with Crippen molar-refractivity contribution in [2.75, 3.05) is 7.11 Å². The highest BCUT2D eigenvalue weighted by Crippen LogP contribution is 2.26. The summed E-state index contributed by atoms with van der Waals surface area (Å²) < 4.78 is 7.05. The van der Waals surface area contributed by atoms with Crippen LogP contribution in [0.5, 0.6) is 0 Å². The maximum atomic E-state index is 11.8. The van der Waals surface area contributed by atoms with Gasteiger partial charge in [0.1, 0.15) is 0 Å². The van der Waals surface area contributed by atoms with E-state index in [1.807, 2.05) is 38.2 Å². The fraction of sp³-hybridized carbons (Fsp3) is 0.231. The fourth-order valence-corrected chi connectivity index (χ4v) is 2.12. The van der Waals surface area contributed by atoms with Crippen LogP contribution in [0.15, 0.2) is 24.3 Å². The Morgan fingerprint density at radius 2 is 2.06 bits per heavy atom. The summed E-state index contributed by atoms with van der Waals surface area (Å²) in [6.45, 7) is 1.99. The number of methoxy groups -OCH3 is 1. The van der Waals surface area contributed by atoms with Gasteiger partial charge in [0, 0.05) is 12.6 Å². The molecule has 0 atom stereocenters. The minimum Gasteiger partial charge on any atom is -0.464 e. The first-order valence-corrected chi connectivity index (χ1v) is 5.90. The van der Waals surface area contributed by atoms with Crippen molar-refractivity contribution in [1.82, 2.24) is 9.55 Å². The summed E-state index contributed by atoms with van der Waals surface area (Å²) in [5.41, 5.74) is 3.18. The second-order valence-corrected chi connectivity index (χ2v) is 4.41. The van der Waals surface area contributed by atoms with Gasteiger partial charge in [0.25, 0.3) is 0 Å². The van der Waals surface area contributed by atoms with E-state index >= 15 is 0 Å². The number of aryl methyl sites for hydroxylation is 1. The molecule has 1 aromatic carbocycles. The number of aromatic amines is 1. The van der Waals surface area contributed by atoms with Crippen LogP contribution in [-0.2, 0) is 11.8 Å². The zero-order valence-corrected chi connectivity index (χ0v) is 11.3. The number of hydrogen-bond acceptors (Lipinski definition) is 3. The molecular formula is C13H14N2O2S. The largest absolute Gasteiger partial charge is 0.464 e. The molecule has 0 spiro atoms. The van der Waals surface area contributed by atoms with Crippen molar-refractivity contribution in [3.05, 3.63) is 40.3 Å². The molecule has 4 nitrogen and oxygen atoms in total. The molecule has 0 radical (unpaired) electrons. The quantitative estimate of drug-likeness (QED) is 0.668. The molecule has 2 aromatic rings. The minimum atomic E-state index is -0.417. The number of hydrogen-bond donors (Lipinski definition) is 1. The Kier molecular flexibility index (Phi) is 3.34. The van der Waals surface area contributed by atoms with E-state index in [9.17, 15) is 4.79 Å². The van der Waals surface area contributed by atoms with E-state index in [-0.39, 0.29) is 0 Å². The SMILES string of the molecule is COC(=O)c1[nH]c(=S)n(C)c1-c1ccccc1C. The van der Waals surface area contributed by atoms with Crippen molar-refractivity contribution in [3.8, 4) is 11.3 Å². The minimum absolute atomic E-state index is 0.388. The number of H-pyrrole nitrogens is 1. The number of benzene rings is 1. The average molecular weight is 262 g/mol. The van der Waals surface area contributed by atoms with Gasteiger partial charge < -0.3 is 14.3 Å². The molecule has 1 heterocycles. The molecule has 0 amide bonds. The smallest absolute Gasteiger partial charge is 0.356 e. The van der Waals surface area contributed by atoms with Gasteiger partial charge in [0.05, 0.1) is 12.8 Å². The van der Waals surface area contributed by atoms with Crippen LogP contribution in [0.2, 0.25) is 0 Å². The van der Waals surface area contributed by atoms with E-state index in [0.29, 0.717) is 10.5 Å². The number of imidazole rings is 1. The molecule has 0 fully saturated rings. The van der Waals surface area contributed by atoms with Gasteiger partial charge in [-0.25, -0.2) is 4.79 Å². The molecule has 1 N–H and O–H groups in total. The third-order valence-electron chi connectivity index (χ3n) is 2.90. The van der Waals surface area contributed by atoms with Crippen LogP contribution in [0.1, 0.15) is 16.1 Å². The van der Waals surface area contributed by atoms with Gasteiger partial charge in [-0.2, -0.15) is 0 Å². The van der Waals surface area contributed by atoms with Crippen molar-refractivity contribution in [2.24, 2.45) is 7.05 Å². The first-order valence-electron chi connectivity index (χ1n) is 5.49. The van der Waals surface area contributed by atoms with Gasteiger partial charge in [-0.15, -0.1) is 0 Å². The van der Waals surface area contributed by atoms with Crippen LogP contribution in [0.25, 0.3) is 11.3 Å². The lowest BCUT2D eigenvalue weighted by Gasteiger charge is -2.08. The van der Waals surface area contributed by atoms with Crippen molar-refractivity contribution >= 4 is 18.2 Å². The van der Waals surface area contributed by atoms with E-state index in [1.165, 1.54) is 7.11 Å². The highest BCUT2D eigenvalue weighted by molar-refractivity contribution is 7.71. The lowest BCUT2D eigenvalue weighted by atomic mass is 10.0. The first-order chi connectivity index (χ1) is 8.56. The van der Waals surface area contributed by atoms with E-state index in [0.717, 1.165) is 16.8 Å². The maximum absolute atomic E-state index is 11.8. The van der Waals surface area contributed by atoms with Crippen LogP contribution in [0.3, 0.4) is 0 Å². The topological polar surface area (TPSA) is 47.0 Å². The molecule has 0 aliphatic rings. The van der Waals surface area contributed by atoms with Gasteiger partial charge in [0.15, 0.2) is 10.5 Å². The number of carbonyl (C=O) groups is 1. The van der Waals surface area contributed by atoms with Gasteiger partial charge in [-0.05, 0) is 24.7 Å².